The number of phenolic OH excluding ortho intramolecular Hbond substituents is 1. The van der Waals surface area contributed by atoms with Gasteiger partial charge in [-0.1, -0.05) is 12.1 Å². The molecule has 2 heterocycles. The number of anilines is 1. The van der Waals surface area contributed by atoms with E-state index in [1.54, 1.807) is 24.3 Å². The molecular weight excluding hydrogens is 416 g/mol. The molecule has 0 radical (unpaired) electrons. The zero-order valence-electron chi connectivity index (χ0n) is 19.5. The predicted octanol–water partition coefficient (Wildman–Crippen LogP) is 4.30. The van der Waals surface area contributed by atoms with Crippen molar-refractivity contribution in [1.29, 1.82) is 0 Å². The minimum Gasteiger partial charge on any atom is -0.508 e. The fourth-order valence-corrected chi connectivity index (χ4v) is 3.80. The molecule has 1 aliphatic heterocycles. The lowest BCUT2D eigenvalue weighted by Gasteiger charge is -2.20. The van der Waals surface area contributed by atoms with Gasteiger partial charge in [-0.25, -0.2) is 4.68 Å². The van der Waals surface area contributed by atoms with Crippen LogP contribution >= 0.6 is 0 Å². The van der Waals surface area contributed by atoms with Crippen LogP contribution in [0.3, 0.4) is 0 Å². The summed E-state index contributed by atoms with van der Waals surface area (Å²) in [6.07, 6.45) is 8.79. The number of benzene rings is 2. The molecular formula is C26H34N4O3. The number of carbonyl (C=O) groups is 1. The van der Waals surface area contributed by atoms with Crippen molar-refractivity contribution >= 4 is 12.0 Å². The van der Waals surface area contributed by atoms with Gasteiger partial charge in [0.1, 0.15) is 17.8 Å². The summed E-state index contributed by atoms with van der Waals surface area (Å²) >= 11 is 0. The molecule has 2 N–H and O–H groups in total. The first-order valence-corrected chi connectivity index (χ1v) is 11.5. The zero-order chi connectivity index (χ0) is 23.5. The van der Waals surface area contributed by atoms with Crippen molar-refractivity contribution in [3.63, 3.8) is 0 Å². The van der Waals surface area contributed by atoms with Crippen LogP contribution in [0.25, 0.3) is 5.69 Å². The molecule has 0 aliphatic carbocycles. The van der Waals surface area contributed by atoms with Gasteiger partial charge in [-0.15, -0.1) is 0 Å². The number of nitrogens with one attached hydrogen (secondary N) is 1. The predicted molar refractivity (Wildman–Crippen MR) is 131 cm³/mol. The van der Waals surface area contributed by atoms with Crippen LogP contribution in [0.2, 0.25) is 0 Å². The van der Waals surface area contributed by atoms with Gasteiger partial charge in [0, 0.05) is 26.1 Å². The average molecular weight is 451 g/mol. The number of ether oxygens (including phenoxy) is 1. The Bertz CT molecular complexity index is 970. The number of nitrogens with zero attached hydrogens (tertiary/aromatic N) is 3. The first-order valence-electron chi connectivity index (χ1n) is 11.5. The Kier molecular flexibility index (Phi) is 9.32. The average Bonchev–Trinajstić information content (AvgIpc) is 3.48. The molecule has 7 heteroatoms. The van der Waals surface area contributed by atoms with Crippen molar-refractivity contribution < 1.29 is 14.6 Å². The highest BCUT2D eigenvalue weighted by Gasteiger charge is 2.19. The first kappa shape index (κ1) is 24.3. The molecule has 7 nitrogen and oxygen atoms in total. The van der Waals surface area contributed by atoms with Gasteiger partial charge in [0.2, 0.25) is 0 Å². The lowest BCUT2D eigenvalue weighted by Crippen LogP contribution is -2.28. The summed E-state index contributed by atoms with van der Waals surface area (Å²) in [7, 11) is 1.89. The maximum absolute atomic E-state index is 10.00. The summed E-state index contributed by atoms with van der Waals surface area (Å²) in [5, 5.41) is 16.2. The van der Waals surface area contributed by atoms with Crippen molar-refractivity contribution in [2.24, 2.45) is 0 Å². The van der Waals surface area contributed by atoms with E-state index in [4.69, 9.17) is 9.84 Å². The number of aromatic nitrogens is 2. The number of aromatic hydroxyl groups is 1. The van der Waals surface area contributed by atoms with Crippen LogP contribution in [-0.2, 0) is 11.2 Å². The second-order valence-corrected chi connectivity index (χ2v) is 8.18. The van der Waals surface area contributed by atoms with Gasteiger partial charge in [0.25, 0.3) is 0 Å². The number of rotatable bonds is 9. The van der Waals surface area contributed by atoms with Gasteiger partial charge in [0.05, 0.1) is 30.4 Å². The van der Waals surface area contributed by atoms with E-state index in [2.05, 4.69) is 22.2 Å². The third kappa shape index (κ3) is 7.64. The highest BCUT2D eigenvalue weighted by molar-refractivity contribution is 5.55. The second-order valence-electron chi connectivity index (χ2n) is 8.18. The lowest BCUT2D eigenvalue weighted by atomic mass is 10.2. The zero-order valence-corrected chi connectivity index (χ0v) is 19.5. The third-order valence-corrected chi connectivity index (χ3v) is 5.78. The normalized spacial score (nSPS) is 15.5. The molecule has 1 saturated heterocycles. The number of aldehydes is 1. The van der Waals surface area contributed by atoms with Gasteiger partial charge in [-0.05, 0) is 74.7 Å². The molecule has 3 aromatic rings. The van der Waals surface area contributed by atoms with Gasteiger partial charge in [-0.2, -0.15) is 5.10 Å². The Morgan fingerprint density at radius 1 is 1.18 bits per heavy atom. The van der Waals surface area contributed by atoms with E-state index in [9.17, 15) is 4.79 Å². The molecule has 2 aromatic carbocycles. The molecule has 0 spiro atoms. The molecule has 1 fully saturated rings. The second kappa shape index (κ2) is 12.6. The summed E-state index contributed by atoms with van der Waals surface area (Å²) in [4.78, 5) is 12.6. The van der Waals surface area contributed by atoms with E-state index in [-0.39, 0.29) is 5.75 Å². The number of hydrogen-bond acceptors (Lipinski definition) is 6. The topological polar surface area (TPSA) is 79.6 Å². The van der Waals surface area contributed by atoms with Crippen molar-refractivity contribution in [2.75, 3.05) is 32.1 Å². The van der Waals surface area contributed by atoms with E-state index >= 15 is 0 Å². The van der Waals surface area contributed by atoms with Gasteiger partial charge in [0.15, 0.2) is 0 Å². The van der Waals surface area contributed by atoms with Crippen LogP contribution in [0.1, 0.15) is 31.7 Å². The van der Waals surface area contributed by atoms with E-state index in [1.807, 2.05) is 48.4 Å². The lowest BCUT2D eigenvalue weighted by molar-refractivity contribution is -0.107. The Morgan fingerprint density at radius 3 is 2.55 bits per heavy atom. The fraction of sp³-hybridized carbons (Fsp3) is 0.385. The summed E-state index contributed by atoms with van der Waals surface area (Å²) in [6, 6.07) is 15.4. The van der Waals surface area contributed by atoms with E-state index in [0.29, 0.717) is 6.42 Å². The highest BCUT2D eigenvalue weighted by atomic mass is 16.5. The Morgan fingerprint density at radius 2 is 1.94 bits per heavy atom. The Balaban J connectivity index is 0.000000257. The molecule has 1 atom stereocenters. The smallest absolute Gasteiger partial charge is 0.124 e. The Hall–Kier alpha value is -3.32. The van der Waals surface area contributed by atoms with Crippen LogP contribution in [0.4, 0.5) is 5.69 Å². The first-order chi connectivity index (χ1) is 16.1. The van der Waals surface area contributed by atoms with Crippen LogP contribution in [-0.4, -0.2) is 58.9 Å². The van der Waals surface area contributed by atoms with Crippen LogP contribution in [0.5, 0.6) is 11.5 Å². The maximum atomic E-state index is 10.00. The minimum absolute atomic E-state index is 0.231. The molecule has 1 aromatic heterocycles. The standard InChI is InChI=1S/C18H26N4O.C8H8O2/c1-15-5-3-10-21(15)11-4-12-23-18-8-6-17(7-9-18)22-14-16(19-2)13-20-22;9-6-5-7-1-3-8(10)4-2-7/h6-9,13-15,19H,3-5,10-12H2,1-2H3;1-4,6,10H,5H2. The van der Waals surface area contributed by atoms with Gasteiger partial charge in [-0.3, -0.25) is 0 Å². The Labute approximate surface area is 196 Å². The SMILES string of the molecule is CNc1cnn(-c2ccc(OCCCN3CCCC3C)cc2)c1.O=CCc1ccc(O)cc1. The molecule has 33 heavy (non-hydrogen) atoms. The molecule has 0 bridgehead atoms. The van der Waals surface area contributed by atoms with E-state index in [1.165, 1.54) is 19.4 Å². The summed E-state index contributed by atoms with van der Waals surface area (Å²) in [5.74, 6) is 1.15. The van der Waals surface area contributed by atoms with Crippen molar-refractivity contribution in [2.45, 2.75) is 38.6 Å². The monoisotopic (exact) mass is 450 g/mol. The number of likely N-dealkylation sites (tertiary alicyclic amines) is 1. The van der Waals surface area contributed by atoms with Crippen molar-refractivity contribution in [1.82, 2.24) is 14.7 Å². The third-order valence-electron chi connectivity index (χ3n) is 5.78. The van der Waals surface area contributed by atoms with Crippen LogP contribution < -0.4 is 10.1 Å². The number of hydrogen-bond donors (Lipinski definition) is 2. The maximum Gasteiger partial charge on any atom is 0.124 e. The van der Waals surface area contributed by atoms with Gasteiger partial charge < -0.3 is 24.9 Å². The molecule has 4 rings (SSSR count). The van der Waals surface area contributed by atoms with Crippen LogP contribution in [0.15, 0.2) is 60.9 Å². The highest BCUT2D eigenvalue weighted by Crippen LogP contribution is 2.18. The van der Waals surface area contributed by atoms with E-state index in [0.717, 1.165) is 54.6 Å². The molecule has 0 saturated carbocycles. The molecule has 1 aliphatic rings. The molecule has 176 valence electrons. The van der Waals surface area contributed by atoms with Crippen LogP contribution in [0, 0.1) is 0 Å². The summed E-state index contributed by atoms with van der Waals surface area (Å²) < 4.78 is 7.70. The largest absolute Gasteiger partial charge is 0.508 e. The molecule has 0 amide bonds. The number of carbonyl (C=O) groups excluding carboxylic acids is 1. The summed E-state index contributed by atoms with van der Waals surface area (Å²) in [6.45, 7) is 5.48. The van der Waals surface area contributed by atoms with Crippen molar-refractivity contribution in [3.8, 4) is 17.2 Å². The quantitative estimate of drug-likeness (QED) is 0.374. The fourth-order valence-electron chi connectivity index (χ4n) is 3.80. The molecule has 1 unspecified atom stereocenters. The summed E-state index contributed by atoms with van der Waals surface area (Å²) in [5.41, 5.74) is 2.96. The minimum atomic E-state index is 0.231. The van der Waals surface area contributed by atoms with Crippen molar-refractivity contribution in [3.05, 3.63) is 66.5 Å². The van der Waals surface area contributed by atoms with E-state index < -0.39 is 0 Å². The number of phenols is 1. The van der Waals surface area contributed by atoms with Gasteiger partial charge >= 0.3 is 0 Å².